The lowest BCUT2D eigenvalue weighted by atomic mass is 9.84. The molecule has 2 N–H and O–H groups in total. The Morgan fingerprint density at radius 1 is 1.14 bits per heavy atom. The minimum Gasteiger partial charge on any atom is -0.435 e. The van der Waals surface area contributed by atoms with Gasteiger partial charge in [0.25, 0.3) is 0 Å². The third-order valence-electron chi connectivity index (χ3n) is 6.10. The summed E-state index contributed by atoms with van der Waals surface area (Å²) < 4.78 is 35.1. The second kappa shape index (κ2) is 11.5. The van der Waals surface area contributed by atoms with E-state index in [4.69, 9.17) is 4.74 Å². The van der Waals surface area contributed by atoms with Gasteiger partial charge in [-0.2, -0.15) is 19.0 Å². The molecule has 35 heavy (non-hydrogen) atoms. The van der Waals surface area contributed by atoms with Crippen molar-refractivity contribution in [2.45, 2.75) is 49.9 Å². The van der Waals surface area contributed by atoms with E-state index in [1.165, 1.54) is 36.6 Å². The van der Waals surface area contributed by atoms with Crippen LogP contribution in [-0.4, -0.2) is 53.0 Å². The third kappa shape index (κ3) is 6.25. The van der Waals surface area contributed by atoms with E-state index in [1.807, 2.05) is 12.1 Å². The van der Waals surface area contributed by atoms with Crippen molar-refractivity contribution < 1.29 is 23.0 Å². The number of aldehydes is 1. The number of halogens is 2. The number of nitrogens with zero attached hydrogens (tertiary/aromatic N) is 4. The van der Waals surface area contributed by atoms with Gasteiger partial charge in [-0.05, 0) is 55.5 Å². The van der Waals surface area contributed by atoms with Gasteiger partial charge in [-0.25, -0.2) is 0 Å². The van der Waals surface area contributed by atoms with Crippen molar-refractivity contribution in [2.75, 3.05) is 24.3 Å². The van der Waals surface area contributed by atoms with Gasteiger partial charge >= 0.3 is 6.61 Å². The summed E-state index contributed by atoms with van der Waals surface area (Å²) in [6.45, 7) is -2.94. The number of hydrogen-bond acceptors (Lipinski definition) is 10. The standard InChI is InChI=1S/C23H26F2N6O3S/c1-33-23(14-32,16-4-2-5-18(12-16)34-20(24)25)13-26-21-30-31-22(35-21)28-17-9-7-15(8-10-17)19-6-3-11-27-29-19/h2-6,11-12,14-15,17,20H,7-10,13H2,1H3,(H,26,30)(H,28,31)/t15?,17?,23-/m1/s1. The molecule has 1 aliphatic rings. The first kappa shape index (κ1) is 24.9. The maximum atomic E-state index is 12.6. The highest BCUT2D eigenvalue weighted by Gasteiger charge is 2.33. The van der Waals surface area contributed by atoms with E-state index >= 15 is 0 Å². The Balaban J connectivity index is 1.34. The van der Waals surface area contributed by atoms with Crippen molar-refractivity contribution in [3.63, 3.8) is 0 Å². The lowest BCUT2D eigenvalue weighted by Crippen LogP contribution is -2.38. The summed E-state index contributed by atoms with van der Waals surface area (Å²) in [5.74, 6) is 0.362. The van der Waals surface area contributed by atoms with Crippen molar-refractivity contribution in [1.29, 1.82) is 0 Å². The highest BCUT2D eigenvalue weighted by molar-refractivity contribution is 7.19. The Bertz CT molecular complexity index is 1100. The molecule has 0 bridgehead atoms. The maximum absolute atomic E-state index is 12.6. The van der Waals surface area contributed by atoms with E-state index in [9.17, 15) is 13.6 Å². The van der Waals surface area contributed by atoms with Gasteiger partial charge in [-0.15, -0.1) is 10.2 Å². The van der Waals surface area contributed by atoms with Gasteiger partial charge in [0.15, 0.2) is 11.9 Å². The molecule has 4 rings (SSSR count). The number of nitrogens with one attached hydrogen (secondary N) is 2. The summed E-state index contributed by atoms with van der Waals surface area (Å²) in [7, 11) is 1.38. The van der Waals surface area contributed by atoms with E-state index in [0.29, 0.717) is 28.0 Å². The minimum absolute atomic E-state index is 0.0307. The summed E-state index contributed by atoms with van der Waals surface area (Å²) in [5, 5.41) is 24.3. The first-order valence-corrected chi connectivity index (χ1v) is 12.0. The zero-order valence-corrected chi connectivity index (χ0v) is 19.9. The monoisotopic (exact) mass is 504 g/mol. The van der Waals surface area contributed by atoms with Crippen LogP contribution >= 0.6 is 11.3 Å². The molecule has 0 aliphatic heterocycles. The van der Waals surface area contributed by atoms with Crippen molar-refractivity contribution in [2.24, 2.45) is 0 Å². The Labute approximate surface area is 205 Å². The van der Waals surface area contributed by atoms with E-state index in [0.717, 1.165) is 31.4 Å². The number of alkyl halides is 2. The molecule has 1 atom stereocenters. The van der Waals surface area contributed by atoms with Crippen LogP contribution in [0.3, 0.4) is 0 Å². The number of hydrogen-bond donors (Lipinski definition) is 2. The fourth-order valence-electron chi connectivity index (χ4n) is 4.18. The molecule has 0 saturated heterocycles. The van der Waals surface area contributed by atoms with Crippen molar-refractivity contribution in [3.8, 4) is 5.75 Å². The zero-order chi connectivity index (χ0) is 24.7. The van der Waals surface area contributed by atoms with E-state index in [2.05, 4.69) is 35.8 Å². The molecule has 0 radical (unpaired) electrons. The van der Waals surface area contributed by atoms with Crippen LogP contribution in [-0.2, 0) is 15.1 Å². The second-order valence-corrected chi connectivity index (χ2v) is 9.20. The predicted octanol–water partition coefficient (Wildman–Crippen LogP) is 4.22. The van der Waals surface area contributed by atoms with Gasteiger partial charge in [0, 0.05) is 25.3 Å². The summed E-state index contributed by atoms with van der Waals surface area (Å²) >= 11 is 1.33. The molecular formula is C23H26F2N6O3S. The molecule has 2 heterocycles. The van der Waals surface area contributed by atoms with Gasteiger partial charge in [0.1, 0.15) is 5.75 Å². The number of benzene rings is 1. The average Bonchev–Trinajstić information content (AvgIpc) is 3.33. The lowest BCUT2D eigenvalue weighted by Gasteiger charge is -2.28. The van der Waals surface area contributed by atoms with Crippen molar-refractivity contribution in [1.82, 2.24) is 20.4 Å². The molecule has 1 saturated carbocycles. The molecule has 1 fully saturated rings. The fourth-order valence-corrected chi connectivity index (χ4v) is 4.90. The van der Waals surface area contributed by atoms with E-state index in [1.54, 1.807) is 12.3 Å². The predicted molar refractivity (Wildman–Crippen MR) is 127 cm³/mol. The Kier molecular flexibility index (Phi) is 8.13. The van der Waals surface area contributed by atoms with Crippen LogP contribution in [0, 0.1) is 0 Å². The van der Waals surface area contributed by atoms with Gasteiger partial charge in [-0.1, -0.05) is 23.5 Å². The molecule has 9 nitrogen and oxygen atoms in total. The third-order valence-corrected chi connectivity index (χ3v) is 6.91. The second-order valence-electron chi connectivity index (χ2n) is 8.23. The highest BCUT2D eigenvalue weighted by atomic mass is 32.1. The maximum Gasteiger partial charge on any atom is 0.387 e. The molecule has 0 spiro atoms. The van der Waals surface area contributed by atoms with Crippen LogP contribution in [0.2, 0.25) is 0 Å². The summed E-state index contributed by atoms with van der Waals surface area (Å²) in [6.07, 6.45) is 6.31. The van der Waals surface area contributed by atoms with Crippen molar-refractivity contribution >= 4 is 27.9 Å². The summed E-state index contributed by atoms with van der Waals surface area (Å²) in [5.41, 5.74) is -0.000676. The van der Waals surface area contributed by atoms with E-state index < -0.39 is 12.2 Å². The molecule has 2 aromatic heterocycles. The Morgan fingerprint density at radius 2 is 1.94 bits per heavy atom. The van der Waals surface area contributed by atoms with Crippen LogP contribution in [0.15, 0.2) is 42.6 Å². The van der Waals surface area contributed by atoms with E-state index in [-0.39, 0.29) is 18.3 Å². The summed E-state index contributed by atoms with van der Waals surface area (Å²) in [4.78, 5) is 12.0. The van der Waals surface area contributed by atoms with Gasteiger partial charge in [0.2, 0.25) is 10.3 Å². The SMILES string of the molecule is CO[C@@](C=O)(CNc1nnc(NC2CCC(c3cccnn3)CC2)s1)c1cccc(OC(F)F)c1. The number of carbonyl (C=O) groups excluding carboxylic acids is 1. The molecule has 1 aliphatic carbocycles. The first-order valence-electron chi connectivity index (χ1n) is 11.2. The fraction of sp³-hybridized carbons (Fsp3) is 0.435. The zero-order valence-electron chi connectivity index (χ0n) is 19.1. The molecule has 1 aromatic carbocycles. The lowest BCUT2D eigenvalue weighted by molar-refractivity contribution is -0.127. The number of carbonyl (C=O) groups is 1. The Hall–Kier alpha value is -3.25. The Morgan fingerprint density at radius 3 is 2.63 bits per heavy atom. The molecule has 3 aromatic rings. The molecular weight excluding hydrogens is 478 g/mol. The van der Waals surface area contributed by atoms with Gasteiger partial charge < -0.3 is 20.1 Å². The van der Waals surface area contributed by atoms with Crippen LogP contribution in [0.1, 0.15) is 42.9 Å². The first-order chi connectivity index (χ1) is 17.0. The minimum atomic E-state index is -2.97. The average molecular weight is 505 g/mol. The molecule has 0 unspecified atom stereocenters. The van der Waals surface area contributed by atoms with Gasteiger partial charge in [-0.3, -0.25) is 4.79 Å². The number of anilines is 2. The van der Waals surface area contributed by atoms with Crippen LogP contribution in [0.4, 0.5) is 19.0 Å². The topological polar surface area (TPSA) is 111 Å². The normalized spacial score (nSPS) is 19.7. The van der Waals surface area contributed by atoms with Crippen molar-refractivity contribution in [3.05, 3.63) is 53.9 Å². The molecule has 12 heteroatoms. The van der Waals surface area contributed by atoms with Crippen LogP contribution in [0.5, 0.6) is 5.75 Å². The number of methoxy groups -OCH3 is 1. The molecule has 186 valence electrons. The number of rotatable bonds is 11. The smallest absolute Gasteiger partial charge is 0.387 e. The number of ether oxygens (including phenoxy) is 2. The van der Waals surface area contributed by atoms with Crippen LogP contribution < -0.4 is 15.4 Å². The van der Waals surface area contributed by atoms with Crippen LogP contribution in [0.25, 0.3) is 0 Å². The number of aromatic nitrogens is 4. The van der Waals surface area contributed by atoms with Gasteiger partial charge in [0.05, 0.1) is 12.2 Å². The molecule has 0 amide bonds. The highest BCUT2D eigenvalue weighted by Crippen LogP contribution is 2.34. The largest absolute Gasteiger partial charge is 0.435 e. The summed E-state index contributed by atoms with van der Waals surface area (Å²) in [6, 6.07) is 10.1. The quantitative estimate of drug-likeness (QED) is 0.371.